The van der Waals surface area contributed by atoms with Gasteiger partial charge in [-0.15, -0.1) is 13.2 Å². The Morgan fingerprint density at radius 2 is 2.06 bits per heavy atom. The molecule has 1 aromatic rings. The molecule has 0 heterocycles. The van der Waals surface area contributed by atoms with Gasteiger partial charge in [-0.05, 0) is 24.6 Å². The van der Waals surface area contributed by atoms with Crippen molar-refractivity contribution in [2.75, 3.05) is 0 Å². The van der Waals surface area contributed by atoms with Gasteiger partial charge >= 0.3 is 6.36 Å². The Bertz CT molecular complexity index is 434. The lowest BCUT2D eigenvalue weighted by Gasteiger charge is -2.12. The average molecular weight is 332 g/mol. The molecule has 0 fully saturated rings. The smallest absolute Gasteiger partial charge is 0.406 e. The van der Waals surface area contributed by atoms with Gasteiger partial charge in [0.15, 0.2) is 0 Å². The van der Waals surface area contributed by atoms with Crippen LogP contribution >= 0.6 is 27.5 Å². The quantitative estimate of drug-likeness (QED) is 0.774. The molecule has 1 rings (SSSR count). The van der Waals surface area contributed by atoms with Crippen molar-refractivity contribution in [2.24, 2.45) is 0 Å². The predicted octanol–water partition coefficient (Wildman–Crippen LogP) is 4.26. The number of benzene rings is 1. The summed E-state index contributed by atoms with van der Waals surface area (Å²) in [6.45, 7) is 1.34. The second-order valence-electron chi connectivity index (χ2n) is 3.20. The minimum Gasteiger partial charge on any atom is -0.406 e. The highest BCUT2D eigenvalue weighted by molar-refractivity contribution is 9.09. The van der Waals surface area contributed by atoms with Gasteiger partial charge in [-0.25, -0.2) is 0 Å². The fraction of sp³-hybridized carbons (Fsp3) is 0.300. The maximum Gasteiger partial charge on any atom is 0.573 e. The molecule has 0 spiro atoms. The highest BCUT2D eigenvalue weighted by atomic mass is 79.9. The van der Waals surface area contributed by atoms with Gasteiger partial charge in [-0.1, -0.05) is 33.6 Å². The molecule has 1 aromatic carbocycles. The number of halogens is 5. The van der Waals surface area contributed by atoms with E-state index in [2.05, 4.69) is 20.7 Å². The Morgan fingerprint density at radius 3 is 2.47 bits per heavy atom. The highest BCUT2D eigenvalue weighted by Gasteiger charge is 2.31. The topological polar surface area (TPSA) is 26.3 Å². The Kier molecular flexibility index (Phi) is 4.43. The first-order valence-corrected chi connectivity index (χ1v) is 5.70. The SMILES string of the molecule is CC(=O)C(Br)c1ccc(OC(F)(F)F)cc1Cl. The summed E-state index contributed by atoms with van der Waals surface area (Å²) in [4.78, 5) is 10.4. The zero-order chi connectivity index (χ0) is 13.2. The molecule has 0 aliphatic carbocycles. The first-order chi connectivity index (χ1) is 7.70. The van der Waals surface area contributed by atoms with Gasteiger partial charge in [0.1, 0.15) is 11.5 Å². The normalized spacial score (nSPS) is 13.3. The maximum absolute atomic E-state index is 11.9. The molecule has 0 aromatic heterocycles. The van der Waals surface area contributed by atoms with Gasteiger partial charge < -0.3 is 4.74 Å². The molecule has 2 nitrogen and oxygen atoms in total. The Hall–Kier alpha value is -0.750. The van der Waals surface area contributed by atoms with Crippen molar-refractivity contribution < 1.29 is 22.7 Å². The lowest BCUT2D eigenvalue weighted by Crippen LogP contribution is -2.17. The van der Waals surface area contributed by atoms with Crippen molar-refractivity contribution >= 4 is 33.3 Å². The largest absolute Gasteiger partial charge is 0.573 e. The van der Waals surface area contributed by atoms with E-state index >= 15 is 0 Å². The Labute approximate surface area is 109 Å². The van der Waals surface area contributed by atoms with Crippen molar-refractivity contribution in [3.05, 3.63) is 28.8 Å². The van der Waals surface area contributed by atoms with Crippen LogP contribution in [0.1, 0.15) is 17.3 Å². The third-order valence-electron chi connectivity index (χ3n) is 1.84. The van der Waals surface area contributed by atoms with Crippen LogP contribution in [0.4, 0.5) is 13.2 Å². The van der Waals surface area contributed by atoms with Crippen LogP contribution in [0, 0.1) is 0 Å². The van der Waals surface area contributed by atoms with E-state index in [1.807, 2.05) is 0 Å². The number of ketones is 1. The zero-order valence-electron chi connectivity index (χ0n) is 8.52. The van der Waals surface area contributed by atoms with Gasteiger partial charge in [0.05, 0.1) is 4.83 Å². The second kappa shape index (κ2) is 5.27. The van der Waals surface area contributed by atoms with Crippen LogP contribution in [0.15, 0.2) is 18.2 Å². The standard InChI is InChI=1S/C10H7BrClF3O2/c1-5(16)9(11)7-3-2-6(4-8(7)12)17-10(13,14)15/h2-4,9H,1H3. The molecule has 0 amide bonds. The van der Waals surface area contributed by atoms with Crippen LogP contribution in [-0.2, 0) is 4.79 Å². The molecule has 0 saturated heterocycles. The molecule has 7 heteroatoms. The van der Waals surface area contributed by atoms with Crippen molar-refractivity contribution in [1.82, 2.24) is 0 Å². The molecule has 0 aliphatic rings. The van der Waals surface area contributed by atoms with Gasteiger partial charge in [0.25, 0.3) is 0 Å². The predicted molar refractivity (Wildman–Crippen MR) is 60.5 cm³/mol. The lowest BCUT2D eigenvalue weighted by atomic mass is 10.1. The monoisotopic (exact) mass is 330 g/mol. The maximum atomic E-state index is 11.9. The zero-order valence-corrected chi connectivity index (χ0v) is 10.9. The first kappa shape index (κ1) is 14.3. The van der Waals surface area contributed by atoms with E-state index in [1.54, 1.807) is 0 Å². The summed E-state index contributed by atoms with van der Waals surface area (Å²) in [6, 6.07) is 3.43. The van der Waals surface area contributed by atoms with E-state index in [0.29, 0.717) is 5.56 Å². The fourth-order valence-electron chi connectivity index (χ4n) is 1.13. The van der Waals surface area contributed by atoms with E-state index < -0.39 is 16.9 Å². The van der Waals surface area contributed by atoms with E-state index in [-0.39, 0.29) is 10.8 Å². The Balaban J connectivity index is 2.98. The molecular weight excluding hydrogens is 324 g/mol. The fourth-order valence-corrected chi connectivity index (χ4v) is 1.94. The number of carbonyl (C=O) groups excluding carboxylic acids is 1. The molecule has 1 atom stereocenters. The summed E-state index contributed by atoms with van der Waals surface area (Å²) in [5.74, 6) is -0.620. The number of Topliss-reactive ketones (excluding diaryl/α,β-unsaturated/α-hetero) is 1. The number of carbonyl (C=O) groups is 1. The molecule has 1 unspecified atom stereocenters. The van der Waals surface area contributed by atoms with Crippen LogP contribution in [-0.4, -0.2) is 12.1 Å². The van der Waals surface area contributed by atoms with E-state index in [9.17, 15) is 18.0 Å². The van der Waals surface area contributed by atoms with Crippen LogP contribution in [0.5, 0.6) is 5.75 Å². The van der Waals surface area contributed by atoms with Gasteiger partial charge in [0, 0.05) is 5.02 Å². The summed E-state index contributed by atoms with van der Waals surface area (Å²) < 4.78 is 39.5. The molecule has 0 N–H and O–H groups in total. The number of rotatable bonds is 3. The second-order valence-corrected chi connectivity index (χ2v) is 4.53. The molecule has 0 saturated carbocycles. The van der Waals surface area contributed by atoms with Crippen molar-refractivity contribution in [1.29, 1.82) is 0 Å². The van der Waals surface area contributed by atoms with E-state index in [4.69, 9.17) is 11.6 Å². The number of hydrogen-bond donors (Lipinski definition) is 0. The van der Waals surface area contributed by atoms with Gasteiger partial charge in [-0.3, -0.25) is 4.79 Å². The number of alkyl halides is 4. The first-order valence-electron chi connectivity index (χ1n) is 4.40. The summed E-state index contributed by atoms with van der Waals surface area (Å²) in [7, 11) is 0. The summed E-state index contributed by atoms with van der Waals surface area (Å²) in [5.41, 5.74) is 0.397. The van der Waals surface area contributed by atoms with Crippen LogP contribution < -0.4 is 4.74 Å². The van der Waals surface area contributed by atoms with Crippen molar-refractivity contribution in [3.63, 3.8) is 0 Å². The molecule has 0 aliphatic heterocycles. The van der Waals surface area contributed by atoms with E-state index in [1.165, 1.54) is 13.0 Å². The van der Waals surface area contributed by atoms with Crippen LogP contribution in [0.2, 0.25) is 5.02 Å². The van der Waals surface area contributed by atoms with Gasteiger partial charge in [0.2, 0.25) is 0 Å². The average Bonchev–Trinajstić information content (AvgIpc) is 2.14. The molecule has 0 radical (unpaired) electrons. The van der Waals surface area contributed by atoms with Crippen LogP contribution in [0.25, 0.3) is 0 Å². The van der Waals surface area contributed by atoms with Crippen molar-refractivity contribution in [3.8, 4) is 5.75 Å². The lowest BCUT2D eigenvalue weighted by molar-refractivity contribution is -0.274. The number of hydrogen-bond acceptors (Lipinski definition) is 2. The minimum absolute atomic E-state index is 0.0313. The number of ether oxygens (including phenoxy) is 1. The minimum atomic E-state index is -4.76. The highest BCUT2D eigenvalue weighted by Crippen LogP contribution is 2.34. The molecule has 0 bridgehead atoms. The Morgan fingerprint density at radius 1 is 1.47 bits per heavy atom. The summed E-state index contributed by atoms with van der Waals surface area (Å²) >= 11 is 8.86. The van der Waals surface area contributed by atoms with Crippen molar-refractivity contribution in [2.45, 2.75) is 18.1 Å². The molecular formula is C10H7BrClF3O2. The van der Waals surface area contributed by atoms with Crippen LogP contribution in [0.3, 0.4) is 0 Å². The third kappa shape index (κ3) is 4.20. The molecule has 94 valence electrons. The third-order valence-corrected chi connectivity index (χ3v) is 3.30. The van der Waals surface area contributed by atoms with E-state index in [0.717, 1.165) is 12.1 Å². The molecule has 17 heavy (non-hydrogen) atoms. The van der Waals surface area contributed by atoms with Gasteiger partial charge in [-0.2, -0.15) is 0 Å². The summed E-state index contributed by atoms with van der Waals surface area (Å²) in [5, 5.41) is 0.0313. The summed E-state index contributed by atoms with van der Waals surface area (Å²) in [6.07, 6.45) is -4.76.